The molecule has 0 unspecified atom stereocenters. The number of pyridine rings is 1. The van der Waals surface area contributed by atoms with E-state index in [1.165, 1.54) is 25.4 Å². The first-order chi connectivity index (χ1) is 16.3. The Morgan fingerprint density at radius 1 is 1.24 bits per heavy atom. The van der Waals surface area contributed by atoms with Crippen LogP contribution >= 0.6 is 0 Å². The van der Waals surface area contributed by atoms with Crippen molar-refractivity contribution in [1.82, 2.24) is 24.7 Å². The van der Waals surface area contributed by atoms with E-state index < -0.39 is 5.67 Å². The van der Waals surface area contributed by atoms with E-state index in [4.69, 9.17) is 9.72 Å². The summed E-state index contributed by atoms with van der Waals surface area (Å²) in [6, 6.07) is 8.09. The van der Waals surface area contributed by atoms with Gasteiger partial charge in [-0.1, -0.05) is 6.07 Å². The van der Waals surface area contributed by atoms with Crippen LogP contribution in [0.3, 0.4) is 0 Å². The summed E-state index contributed by atoms with van der Waals surface area (Å²) in [5, 5.41) is 4.79. The topological polar surface area (TPSA) is 85.7 Å². The van der Waals surface area contributed by atoms with Crippen LogP contribution in [0.4, 0.5) is 8.78 Å². The molecule has 0 spiro atoms. The highest BCUT2D eigenvalue weighted by atomic mass is 19.1. The zero-order valence-corrected chi connectivity index (χ0v) is 19.0. The van der Waals surface area contributed by atoms with Crippen LogP contribution in [0, 0.1) is 5.82 Å². The fraction of sp³-hybridized carbons (Fsp3) is 0.360. The summed E-state index contributed by atoms with van der Waals surface area (Å²) in [6.45, 7) is 1.63. The predicted octanol–water partition coefficient (Wildman–Crippen LogP) is 4.76. The first-order valence-electron chi connectivity index (χ1n) is 11.3. The number of halogens is 2. The van der Waals surface area contributed by atoms with Crippen LogP contribution in [-0.2, 0) is 6.42 Å². The lowest BCUT2D eigenvalue weighted by atomic mass is 9.85. The van der Waals surface area contributed by atoms with Gasteiger partial charge >= 0.3 is 0 Å². The summed E-state index contributed by atoms with van der Waals surface area (Å²) in [5.41, 5.74) is 1.25. The highest BCUT2D eigenvalue weighted by Crippen LogP contribution is 2.37. The van der Waals surface area contributed by atoms with E-state index in [-0.39, 0.29) is 23.8 Å². The van der Waals surface area contributed by atoms with Crippen molar-refractivity contribution in [2.75, 3.05) is 7.11 Å². The second kappa shape index (κ2) is 8.62. The SMILES string of the molecule is COc1cc(-c2ccc(F)cc2Cc2nc3c(cnn3C3CCC(C)(F)CC3)c(=O)[nH]2)ccn1. The molecule has 1 saturated carbocycles. The summed E-state index contributed by atoms with van der Waals surface area (Å²) < 4.78 is 35.4. The molecule has 9 heteroatoms. The van der Waals surface area contributed by atoms with Crippen molar-refractivity contribution in [3.8, 4) is 17.0 Å². The van der Waals surface area contributed by atoms with Crippen LogP contribution in [0.15, 0.2) is 47.5 Å². The number of rotatable bonds is 5. The van der Waals surface area contributed by atoms with Crippen LogP contribution in [0.1, 0.15) is 50.0 Å². The number of ether oxygens (including phenoxy) is 1. The number of H-pyrrole nitrogens is 1. The van der Waals surface area contributed by atoms with Gasteiger partial charge in [0.15, 0.2) is 5.65 Å². The number of methoxy groups -OCH3 is 1. The lowest BCUT2D eigenvalue weighted by Gasteiger charge is -2.31. The van der Waals surface area contributed by atoms with E-state index in [1.807, 2.05) is 6.07 Å². The van der Waals surface area contributed by atoms with Crippen LogP contribution < -0.4 is 10.3 Å². The molecule has 1 N–H and O–H groups in total. The van der Waals surface area contributed by atoms with Gasteiger partial charge in [-0.25, -0.2) is 23.4 Å². The molecule has 4 aromatic rings. The molecule has 1 aliphatic rings. The molecule has 3 aromatic heterocycles. The molecule has 0 saturated heterocycles. The third kappa shape index (κ3) is 4.30. The number of hydrogen-bond acceptors (Lipinski definition) is 5. The molecule has 1 fully saturated rings. The molecular formula is C25H25F2N5O2. The molecule has 0 atom stereocenters. The summed E-state index contributed by atoms with van der Waals surface area (Å²) >= 11 is 0. The van der Waals surface area contributed by atoms with Gasteiger partial charge < -0.3 is 9.72 Å². The molecule has 7 nitrogen and oxygen atoms in total. The number of nitrogens with zero attached hydrogens (tertiary/aromatic N) is 4. The van der Waals surface area contributed by atoms with E-state index in [1.54, 1.807) is 29.9 Å². The van der Waals surface area contributed by atoms with Crippen LogP contribution in [0.2, 0.25) is 0 Å². The van der Waals surface area contributed by atoms with E-state index in [0.717, 1.165) is 11.1 Å². The first-order valence-corrected chi connectivity index (χ1v) is 11.3. The van der Waals surface area contributed by atoms with E-state index in [9.17, 15) is 13.6 Å². The summed E-state index contributed by atoms with van der Waals surface area (Å²) in [7, 11) is 1.53. The lowest BCUT2D eigenvalue weighted by Crippen LogP contribution is -2.28. The maximum absolute atomic E-state index is 14.3. The fourth-order valence-corrected chi connectivity index (χ4v) is 4.64. The standard InChI is InChI=1S/C25H25F2N5O2/c1-25(27)8-5-18(6-9-25)32-23-20(14-29-32)24(33)31-21(30-23)12-16-11-17(26)3-4-19(16)15-7-10-28-22(13-15)34-2/h3-4,7,10-11,13-14,18H,5-6,8-9,12H2,1-2H3,(H,30,31,33). The minimum atomic E-state index is -1.17. The molecule has 1 aromatic carbocycles. The molecule has 3 heterocycles. The van der Waals surface area contributed by atoms with Crippen LogP contribution in [0.25, 0.3) is 22.2 Å². The van der Waals surface area contributed by atoms with Gasteiger partial charge in [0, 0.05) is 18.7 Å². The van der Waals surface area contributed by atoms with Gasteiger partial charge in [-0.15, -0.1) is 0 Å². The zero-order valence-electron chi connectivity index (χ0n) is 19.0. The van der Waals surface area contributed by atoms with Crippen molar-refractivity contribution in [3.05, 3.63) is 70.3 Å². The van der Waals surface area contributed by atoms with Crippen LogP contribution in [-0.4, -0.2) is 37.5 Å². The Bertz CT molecular complexity index is 1400. The zero-order chi connectivity index (χ0) is 23.9. The van der Waals surface area contributed by atoms with Crippen molar-refractivity contribution < 1.29 is 13.5 Å². The number of alkyl halides is 1. The van der Waals surface area contributed by atoms with Gasteiger partial charge in [0.05, 0.1) is 19.3 Å². The van der Waals surface area contributed by atoms with E-state index >= 15 is 0 Å². The van der Waals surface area contributed by atoms with Crippen molar-refractivity contribution in [3.63, 3.8) is 0 Å². The maximum Gasteiger partial charge on any atom is 0.262 e. The molecule has 0 aliphatic heterocycles. The summed E-state index contributed by atoms with van der Waals surface area (Å²) in [6.07, 6.45) is 5.48. The van der Waals surface area contributed by atoms with E-state index in [2.05, 4.69) is 15.1 Å². The molecule has 0 radical (unpaired) electrons. The van der Waals surface area contributed by atoms with Crippen LogP contribution in [0.5, 0.6) is 5.88 Å². The monoisotopic (exact) mass is 465 g/mol. The lowest BCUT2D eigenvalue weighted by molar-refractivity contribution is 0.103. The molecule has 176 valence electrons. The van der Waals surface area contributed by atoms with Gasteiger partial charge in [0.25, 0.3) is 5.56 Å². The number of aromatic amines is 1. The van der Waals surface area contributed by atoms with Crippen molar-refractivity contribution in [2.24, 2.45) is 0 Å². The second-order valence-corrected chi connectivity index (χ2v) is 9.05. The minimum absolute atomic E-state index is 0.0162. The largest absolute Gasteiger partial charge is 0.481 e. The number of fused-ring (bicyclic) bond motifs is 1. The molecular weight excluding hydrogens is 440 g/mol. The van der Waals surface area contributed by atoms with Crippen molar-refractivity contribution in [1.29, 1.82) is 0 Å². The maximum atomic E-state index is 14.3. The average molecular weight is 466 g/mol. The van der Waals surface area contributed by atoms with Crippen molar-refractivity contribution in [2.45, 2.75) is 50.7 Å². The number of nitrogens with one attached hydrogen (secondary N) is 1. The molecule has 0 bridgehead atoms. The molecule has 5 rings (SSSR count). The highest BCUT2D eigenvalue weighted by molar-refractivity contribution is 5.73. The third-order valence-electron chi connectivity index (χ3n) is 6.54. The van der Waals surface area contributed by atoms with Gasteiger partial charge in [0.1, 0.15) is 22.7 Å². The Morgan fingerprint density at radius 2 is 2.03 bits per heavy atom. The van der Waals surface area contributed by atoms with Crippen molar-refractivity contribution >= 4 is 11.0 Å². The van der Waals surface area contributed by atoms with Gasteiger partial charge in [-0.05, 0) is 67.5 Å². The Morgan fingerprint density at radius 3 is 2.79 bits per heavy atom. The van der Waals surface area contributed by atoms with Gasteiger partial charge in [-0.2, -0.15) is 5.10 Å². The third-order valence-corrected chi connectivity index (χ3v) is 6.54. The minimum Gasteiger partial charge on any atom is -0.481 e. The quantitative estimate of drug-likeness (QED) is 0.459. The van der Waals surface area contributed by atoms with Gasteiger partial charge in [-0.3, -0.25) is 4.79 Å². The average Bonchev–Trinajstić information content (AvgIpc) is 3.24. The summed E-state index contributed by atoms with van der Waals surface area (Å²) in [4.78, 5) is 24.4. The highest BCUT2D eigenvalue weighted by Gasteiger charge is 2.32. The molecule has 34 heavy (non-hydrogen) atoms. The molecule has 0 amide bonds. The number of aromatic nitrogens is 5. The predicted molar refractivity (Wildman–Crippen MR) is 124 cm³/mol. The Labute approximate surface area is 194 Å². The van der Waals surface area contributed by atoms with E-state index in [0.29, 0.717) is 54.0 Å². The second-order valence-electron chi connectivity index (χ2n) is 9.05. The molecule has 1 aliphatic carbocycles. The Balaban J connectivity index is 1.52. The fourth-order valence-electron chi connectivity index (χ4n) is 4.64. The number of benzene rings is 1. The normalized spacial score (nSPS) is 20.5. The number of hydrogen-bond donors (Lipinski definition) is 1. The Kier molecular flexibility index (Phi) is 5.63. The Hall–Kier alpha value is -3.62. The summed E-state index contributed by atoms with van der Waals surface area (Å²) in [5.74, 6) is 0.462. The smallest absolute Gasteiger partial charge is 0.262 e. The van der Waals surface area contributed by atoms with Gasteiger partial charge in [0.2, 0.25) is 5.88 Å². The first kappa shape index (κ1) is 22.2.